The lowest BCUT2D eigenvalue weighted by molar-refractivity contribution is 0.197. The molecular formula is C17H31IN4O. The fourth-order valence-electron chi connectivity index (χ4n) is 1.80. The molecule has 0 saturated carbocycles. The van der Waals surface area contributed by atoms with Crippen LogP contribution < -0.4 is 15.4 Å². The second-order valence-corrected chi connectivity index (χ2v) is 6.03. The zero-order chi connectivity index (χ0) is 16.6. The molecule has 0 amide bonds. The summed E-state index contributed by atoms with van der Waals surface area (Å²) in [6.45, 7) is 8.54. The van der Waals surface area contributed by atoms with Crippen molar-refractivity contribution in [2.75, 3.05) is 34.3 Å². The first kappa shape index (κ1) is 22.0. The van der Waals surface area contributed by atoms with E-state index in [1.165, 1.54) is 0 Å². The minimum absolute atomic E-state index is 0. The molecule has 1 aromatic carbocycles. The number of halogens is 1. The number of nitrogens with zero attached hydrogens (tertiary/aromatic N) is 2. The molecule has 0 heterocycles. The minimum atomic E-state index is 0. The summed E-state index contributed by atoms with van der Waals surface area (Å²) in [5, 5.41) is 6.71. The first-order valence-electron chi connectivity index (χ1n) is 7.73. The number of benzene rings is 1. The molecule has 23 heavy (non-hydrogen) atoms. The first-order valence-corrected chi connectivity index (χ1v) is 7.73. The minimum Gasteiger partial charge on any atom is -0.494 e. The van der Waals surface area contributed by atoms with Gasteiger partial charge in [-0.15, -0.1) is 24.0 Å². The third kappa shape index (κ3) is 7.39. The van der Waals surface area contributed by atoms with Gasteiger partial charge < -0.3 is 20.3 Å². The van der Waals surface area contributed by atoms with Gasteiger partial charge in [0, 0.05) is 31.2 Å². The standard InChI is InChI=1S/C17H30N4O.HI/c1-7-22-15-11-9-8-10-14(15)12-19-16(18-4)20-13-17(2,3)21(5)6;/h8-11H,7,12-13H2,1-6H3,(H2,18,19,20);1H. The molecule has 5 nitrogen and oxygen atoms in total. The van der Waals surface area contributed by atoms with Gasteiger partial charge in [0.25, 0.3) is 0 Å². The van der Waals surface area contributed by atoms with Crippen LogP contribution >= 0.6 is 24.0 Å². The average Bonchev–Trinajstić information content (AvgIpc) is 2.49. The van der Waals surface area contributed by atoms with Crippen LogP contribution in [0.4, 0.5) is 0 Å². The van der Waals surface area contributed by atoms with Crippen molar-refractivity contribution in [3.8, 4) is 5.75 Å². The van der Waals surface area contributed by atoms with Gasteiger partial charge in [0.15, 0.2) is 5.96 Å². The van der Waals surface area contributed by atoms with Crippen LogP contribution in [0.3, 0.4) is 0 Å². The number of nitrogens with one attached hydrogen (secondary N) is 2. The van der Waals surface area contributed by atoms with Gasteiger partial charge in [-0.2, -0.15) is 0 Å². The van der Waals surface area contributed by atoms with Gasteiger partial charge >= 0.3 is 0 Å². The Kier molecular flexibility index (Phi) is 10.2. The lowest BCUT2D eigenvalue weighted by Crippen LogP contribution is -2.50. The smallest absolute Gasteiger partial charge is 0.191 e. The van der Waals surface area contributed by atoms with Gasteiger partial charge in [-0.1, -0.05) is 18.2 Å². The summed E-state index contributed by atoms with van der Waals surface area (Å²) in [5.41, 5.74) is 1.18. The van der Waals surface area contributed by atoms with Gasteiger partial charge in [0.05, 0.1) is 6.61 Å². The summed E-state index contributed by atoms with van der Waals surface area (Å²) >= 11 is 0. The van der Waals surface area contributed by atoms with Crippen LogP contribution in [0.15, 0.2) is 29.3 Å². The third-order valence-corrected chi connectivity index (χ3v) is 3.84. The Morgan fingerprint density at radius 1 is 1.22 bits per heavy atom. The van der Waals surface area contributed by atoms with E-state index in [-0.39, 0.29) is 29.5 Å². The molecule has 132 valence electrons. The van der Waals surface area contributed by atoms with Crippen LogP contribution in [-0.2, 0) is 6.54 Å². The number of ether oxygens (including phenoxy) is 1. The predicted octanol–water partition coefficient (Wildman–Crippen LogP) is 2.71. The van der Waals surface area contributed by atoms with Crippen molar-refractivity contribution in [3.63, 3.8) is 0 Å². The maximum absolute atomic E-state index is 5.64. The van der Waals surface area contributed by atoms with E-state index in [1.807, 2.05) is 25.1 Å². The van der Waals surface area contributed by atoms with Gasteiger partial charge in [-0.25, -0.2) is 0 Å². The Morgan fingerprint density at radius 3 is 2.43 bits per heavy atom. The summed E-state index contributed by atoms with van der Waals surface area (Å²) in [4.78, 5) is 6.47. The Hall–Kier alpha value is -1.02. The zero-order valence-corrected chi connectivity index (χ0v) is 17.5. The summed E-state index contributed by atoms with van der Waals surface area (Å²) < 4.78 is 5.64. The Bertz CT molecular complexity index is 489. The van der Waals surface area contributed by atoms with Crippen LogP contribution in [0.1, 0.15) is 26.3 Å². The Balaban J connectivity index is 0.00000484. The average molecular weight is 434 g/mol. The lowest BCUT2D eigenvalue weighted by atomic mass is 10.0. The van der Waals surface area contributed by atoms with E-state index in [1.54, 1.807) is 7.05 Å². The van der Waals surface area contributed by atoms with Crippen molar-refractivity contribution in [1.82, 2.24) is 15.5 Å². The third-order valence-electron chi connectivity index (χ3n) is 3.84. The molecule has 0 aliphatic heterocycles. The van der Waals surface area contributed by atoms with Crippen LogP contribution in [0.5, 0.6) is 5.75 Å². The molecule has 0 aromatic heterocycles. The lowest BCUT2D eigenvalue weighted by Gasteiger charge is -2.33. The van der Waals surface area contributed by atoms with Crippen molar-refractivity contribution < 1.29 is 4.74 Å². The molecule has 2 N–H and O–H groups in total. The summed E-state index contributed by atoms with van der Waals surface area (Å²) in [5.74, 6) is 1.71. The number of hydrogen-bond acceptors (Lipinski definition) is 3. The number of hydrogen-bond donors (Lipinski definition) is 2. The SMILES string of the molecule is CCOc1ccccc1CNC(=NC)NCC(C)(C)N(C)C.I. The van der Waals surface area contributed by atoms with Crippen molar-refractivity contribution >= 4 is 29.9 Å². The summed E-state index contributed by atoms with van der Waals surface area (Å²) in [7, 11) is 5.94. The maximum Gasteiger partial charge on any atom is 0.191 e. The van der Waals surface area contributed by atoms with E-state index in [4.69, 9.17) is 4.74 Å². The number of likely N-dealkylation sites (N-methyl/N-ethyl adjacent to an activating group) is 1. The van der Waals surface area contributed by atoms with Crippen molar-refractivity contribution in [2.45, 2.75) is 32.9 Å². The number of guanidine groups is 1. The largest absolute Gasteiger partial charge is 0.494 e. The zero-order valence-electron chi connectivity index (χ0n) is 15.1. The summed E-state index contributed by atoms with van der Waals surface area (Å²) in [6, 6.07) is 8.06. The molecule has 1 rings (SSSR count). The highest BCUT2D eigenvalue weighted by Crippen LogP contribution is 2.17. The Labute approximate surface area is 157 Å². The van der Waals surface area contributed by atoms with E-state index < -0.39 is 0 Å². The number of aliphatic imine (C=N–C) groups is 1. The number of rotatable bonds is 7. The molecule has 0 saturated heterocycles. The van der Waals surface area contributed by atoms with Crippen molar-refractivity contribution in [3.05, 3.63) is 29.8 Å². The maximum atomic E-state index is 5.64. The second kappa shape index (κ2) is 10.7. The van der Waals surface area contributed by atoms with Crippen molar-refractivity contribution in [2.24, 2.45) is 4.99 Å². The van der Waals surface area contributed by atoms with Crippen LogP contribution in [-0.4, -0.2) is 50.7 Å². The molecule has 0 spiro atoms. The topological polar surface area (TPSA) is 48.9 Å². The number of para-hydroxylation sites is 1. The Morgan fingerprint density at radius 2 is 1.87 bits per heavy atom. The molecule has 1 aromatic rings. The van der Waals surface area contributed by atoms with Crippen LogP contribution in [0.2, 0.25) is 0 Å². The summed E-state index contributed by atoms with van der Waals surface area (Å²) in [6.07, 6.45) is 0. The van der Waals surface area contributed by atoms with E-state index >= 15 is 0 Å². The van der Waals surface area contributed by atoms with Gasteiger partial charge in [0.2, 0.25) is 0 Å². The molecule has 6 heteroatoms. The van der Waals surface area contributed by atoms with E-state index in [0.29, 0.717) is 13.2 Å². The first-order chi connectivity index (χ1) is 10.4. The molecular weight excluding hydrogens is 403 g/mol. The predicted molar refractivity (Wildman–Crippen MR) is 109 cm³/mol. The molecule has 0 fully saturated rings. The molecule has 0 radical (unpaired) electrons. The van der Waals surface area contributed by atoms with Crippen LogP contribution in [0.25, 0.3) is 0 Å². The van der Waals surface area contributed by atoms with Gasteiger partial charge in [-0.05, 0) is 40.9 Å². The van der Waals surface area contributed by atoms with E-state index in [2.05, 4.69) is 54.5 Å². The molecule has 0 bridgehead atoms. The second-order valence-electron chi connectivity index (χ2n) is 6.03. The van der Waals surface area contributed by atoms with Gasteiger partial charge in [-0.3, -0.25) is 4.99 Å². The fraction of sp³-hybridized carbons (Fsp3) is 0.588. The molecule has 0 aliphatic carbocycles. The quantitative estimate of drug-likeness (QED) is 0.394. The molecule has 0 aliphatic rings. The van der Waals surface area contributed by atoms with Crippen molar-refractivity contribution in [1.29, 1.82) is 0 Å². The van der Waals surface area contributed by atoms with Gasteiger partial charge in [0.1, 0.15) is 5.75 Å². The normalized spacial score (nSPS) is 11.9. The van der Waals surface area contributed by atoms with E-state index in [9.17, 15) is 0 Å². The van der Waals surface area contributed by atoms with E-state index in [0.717, 1.165) is 23.8 Å². The molecule has 0 atom stereocenters. The highest BCUT2D eigenvalue weighted by molar-refractivity contribution is 14.0. The highest BCUT2D eigenvalue weighted by atomic mass is 127. The van der Waals surface area contributed by atoms with Crippen LogP contribution in [0, 0.1) is 0 Å². The monoisotopic (exact) mass is 434 g/mol. The fourth-order valence-corrected chi connectivity index (χ4v) is 1.80. The highest BCUT2D eigenvalue weighted by Gasteiger charge is 2.20. The molecule has 0 unspecified atom stereocenters.